The van der Waals surface area contributed by atoms with E-state index in [-0.39, 0.29) is 6.03 Å². The average molecular weight is 302 g/mol. The number of amides is 2. The van der Waals surface area contributed by atoms with E-state index in [0.29, 0.717) is 19.4 Å². The van der Waals surface area contributed by atoms with Gasteiger partial charge in [0.1, 0.15) is 5.54 Å². The van der Waals surface area contributed by atoms with Crippen LogP contribution >= 0.6 is 11.8 Å². The molecule has 0 radical (unpaired) electrons. The monoisotopic (exact) mass is 302 g/mol. The van der Waals surface area contributed by atoms with E-state index in [9.17, 15) is 14.7 Å². The van der Waals surface area contributed by atoms with Gasteiger partial charge >= 0.3 is 12.0 Å². The lowest BCUT2D eigenvalue weighted by atomic mass is 9.90. The molecule has 0 aromatic heterocycles. The number of thioether (sulfide) groups is 1. The van der Waals surface area contributed by atoms with Gasteiger partial charge in [0.05, 0.1) is 0 Å². The smallest absolute Gasteiger partial charge is 0.329 e. The molecule has 116 valence electrons. The molecule has 0 spiro atoms. The third-order valence-electron chi connectivity index (χ3n) is 3.67. The van der Waals surface area contributed by atoms with Crippen molar-refractivity contribution >= 4 is 23.8 Å². The molecule has 1 saturated carbocycles. The molecule has 0 aliphatic heterocycles. The zero-order valence-corrected chi connectivity index (χ0v) is 13.1. The van der Waals surface area contributed by atoms with Crippen molar-refractivity contribution in [2.45, 2.75) is 57.4 Å². The predicted molar refractivity (Wildman–Crippen MR) is 82.2 cm³/mol. The molecule has 0 heterocycles. The van der Waals surface area contributed by atoms with Crippen LogP contribution < -0.4 is 10.6 Å². The summed E-state index contributed by atoms with van der Waals surface area (Å²) in [5.41, 5.74) is -1.07. The van der Waals surface area contributed by atoms with Crippen LogP contribution in [0, 0.1) is 0 Å². The maximum absolute atomic E-state index is 11.9. The quantitative estimate of drug-likeness (QED) is 0.499. The number of carboxylic acids is 1. The second-order valence-electron chi connectivity index (χ2n) is 5.23. The van der Waals surface area contributed by atoms with E-state index in [2.05, 4.69) is 17.6 Å². The van der Waals surface area contributed by atoms with Crippen LogP contribution in [0.2, 0.25) is 0 Å². The van der Waals surface area contributed by atoms with Crippen molar-refractivity contribution in [2.75, 3.05) is 18.1 Å². The topological polar surface area (TPSA) is 78.4 Å². The molecule has 5 nitrogen and oxygen atoms in total. The number of rotatable bonds is 7. The summed E-state index contributed by atoms with van der Waals surface area (Å²) in [5, 5.41) is 14.9. The van der Waals surface area contributed by atoms with Crippen LogP contribution in [0.3, 0.4) is 0 Å². The molecule has 20 heavy (non-hydrogen) atoms. The van der Waals surface area contributed by atoms with Gasteiger partial charge in [-0.3, -0.25) is 0 Å². The Morgan fingerprint density at radius 2 is 1.85 bits per heavy atom. The summed E-state index contributed by atoms with van der Waals surface area (Å²) >= 11 is 1.84. The second-order valence-corrected chi connectivity index (χ2v) is 6.63. The summed E-state index contributed by atoms with van der Waals surface area (Å²) in [6, 6.07) is -0.351. The Morgan fingerprint density at radius 3 is 2.40 bits per heavy atom. The highest BCUT2D eigenvalue weighted by molar-refractivity contribution is 7.99. The molecule has 0 saturated heterocycles. The maximum Gasteiger partial charge on any atom is 0.329 e. The molecular formula is C14H26N2O3S. The normalized spacial score (nSPS) is 18.1. The van der Waals surface area contributed by atoms with Gasteiger partial charge < -0.3 is 15.7 Å². The van der Waals surface area contributed by atoms with Crippen molar-refractivity contribution in [3.05, 3.63) is 0 Å². The second kappa shape index (κ2) is 9.10. The van der Waals surface area contributed by atoms with Crippen LogP contribution in [0.1, 0.15) is 51.9 Å². The minimum absolute atomic E-state index is 0.351. The number of nitrogens with one attached hydrogen (secondary N) is 2. The van der Waals surface area contributed by atoms with Crippen molar-refractivity contribution in [2.24, 2.45) is 0 Å². The fourth-order valence-corrected chi connectivity index (χ4v) is 3.14. The van der Waals surface area contributed by atoms with Crippen molar-refractivity contribution in [1.29, 1.82) is 0 Å². The van der Waals surface area contributed by atoms with Gasteiger partial charge in [-0.1, -0.05) is 32.6 Å². The van der Waals surface area contributed by atoms with Crippen molar-refractivity contribution < 1.29 is 14.7 Å². The number of carbonyl (C=O) groups is 2. The average Bonchev–Trinajstić information content (AvgIpc) is 2.65. The summed E-state index contributed by atoms with van der Waals surface area (Å²) in [6.07, 6.45) is 5.79. The van der Waals surface area contributed by atoms with Gasteiger partial charge in [-0.15, -0.1) is 0 Å². The molecule has 0 unspecified atom stereocenters. The van der Waals surface area contributed by atoms with Crippen molar-refractivity contribution in [3.8, 4) is 0 Å². The molecule has 0 aromatic rings. The first-order chi connectivity index (χ1) is 9.60. The van der Waals surface area contributed by atoms with E-state index in [1.54, 1.807) is 0 Å². The van der Waals surface area contributed by atoms with E-state index in [0.717, 1.165) is 43.6 Å². The first kappa shape index (κ1) is 17.1. The fraction of sp³-hybridized carbons (Fsp3) is 0.857. The molecule has 3 N–H and O–H groups in total. The first-order valence-electron chi connectivity index (χ1n) is 7.48. The number of hydrogen-bond donors (Lipinski definition) is 3. The third kappa shape index (κ3) is 5.61. The molecule has 1 rings (SSSR count). The van der Waals surface area contributed by atoms with Gasteiger partial charge in [0.15, 0.2) is 0 Å². The molecule has 0 atom stereocenters. The highest BCUT2D eigenvalue weighted by Crippen LogP contribution is 2.27. The Hall–Kier alpha value is -0.910. The van der Waals surface area contributed by atoms with Gasteiger partial charge in [0.2, 0.25) is 0 Å². The van der Waals surface area contributed by atoms with Crippen LogP contribution in [0.5, 0.6) is 0 Å². The van der Waals surface area contributed by atoms with E-state index >= 15 is 0 Å². The van der Waals surface area contributed by atoms with Gasteiger partial charge in [-0.25, -0.2) is 9.59 Å². The van der Waals surface area contributed by atoms with Crippen LogP contribution in [-0.4, -0.2) is 40.7 Å². The van der Waals surface area contributed by atoms with Crippen LogP contribution in [0.25, 0.3) is 0 Å². The highest BCUT2D eigenvalue weighted by atomic mass is 32.2. The van der Waals surface area contributed by atoms with Crippen molar-refractivity contribution in [3.63, 3.8) is 0 Å². The van der Waals surface area contributed by atoms with Crippen molar-refractivity contribution in [1.82, 2.24) is 10.6 Å². The standard InChI is InChI=1S/C14H26N2O3S/c1-2-20-11-7-10-15-13(19)16-14(12(17)18)8-5-3-4-6-9-14/h2-11H2,1H3,(H,17,18)(H2,15,16,19). The van der Waals surface area contributed by atoms with Gasteiger partial charge in [-0.2, -0.15) is 11.8 Å². The minimum Gasteiger partial charge on any atom is -0.480 e. The number of carbonyl (C=O) groups excluding carboxylic acids is 1. The molecule has 6 heteroatoms. The lowest BCUT2D eigenvalue weighted by Crippen LogP contribution is -2.57. The largest absolute Gasteiger partial charge is 0.480 e. The van der Waals surface area contributed by atoms with Crippen LogP contribution in [-0.2, 0) is 4.79 Å². The Balaban J connectivity index is 2.40. The molecule has 1 aliphatic rings. The third-order valence-corrected chi connectivity index (χ3v) is 4.66. The molecule has 1 fully saturated rings. The van der Waals surface area contributed by atoms with Gasteiger partial charge in [0.25, 0.3) is 0 Å². The summed E-state index contributed by atoms with van der Waals surface area (Å²) in [6.45, 7) is 2.70. The Bertz CT molecular complexity index is 316. The summed E-state index contributed by atoms with van der Waals surface area (Å²) in [7, 11) is 0. The van der Waals surface area contributed by atoms with Crippen LogP contribution in [0.15, 0.2) is 0 Å². The Labute approximate surface area is 125 Å². The molecule has 2 amide bonds. The Morgan fingerprint density at radius 1 is 1.20 bits per heavy atom. The van der Waals surface area contributed by atoms with E-state index in [4.69, 9.17) is 0 Å². The number of carboxylic acid groups (broad SMARTS) is 1. The maximum atomic E-state index is 11.9. The molecule has 0 bridgehead atoms. The molecular weight excluding hydrogens is 276 g/mol. The highest BCUT2D eigenvalue weighted by Gasteiger charge is 2.39. The van der Waals surface area contributed by atoms with E-state index in [1.807, 2.05) is 11.8 Å². The van der Waals surface area contributed by atoms with E-state index in [1.165, 1.54) is 0 Å². The lowest BCUT2D eigenvalue weighted by molar-refractivity contribution is -0.145. The van der Waals surface area contributed by atoms with Gasteiger partial charge in [-0.05, 0) is 30.8 Å². The number of urea groups is 1. The fourth-order valence-electron chi connectivity index (χ4n) is 2.51. The van der Waals surface area contributed by atoms with E-state index < -0.39 is 11.5 Å². The summed E-state index contributed by atoms with van der Waals surface area (Å²) in [4.78, 5) is 23.4. The molecule has 0 aromatic carbocycles. The minimum atomic E-state index is -1.07. The number of hydrogen-bond acceptors (Lipinski definition) is 3. The van der Waals surface area contributed by atoms with Gasteiger partial charge in [0, 0.05) is 6.54 Å². The number of aliphatic carboxylic acids is 1. The predicted octanol–water partition coefficient (Wildman–Crippen LogP) is 2.61. The zero-order valence-electron chi connectivity index (χ0n) is 12.2. The lowest BCUT2D eigenvalue weighted by Gasteiger charge is -2.29. The summed E-state index contributed by atoms with van der Waals surface area (Å²) in [5.74, 6) is 1.19. The SMILES string of the molecule is CCSCCCNC(=O)NC1(C(=O)O)CCCCCC1. The van der Waals surface area contributed by atoms with Crippen LogP contribution in [0.4, 0.5) is 4.79 Å². The molecule has 1 aliphatic carbocycles. The zero-order chi connectivity index (χ0) is 14.8. The first-order valence-corrected chi connectivity index (χ1v) is 8.63. The summed E-state index contributed by atoms with van der Waals surface area (Å²) < 4.78 is 0. The Kier molecular flexibility index (Phi) is 7.80.